The van der Waals surface area contributed by atoms with E-state index in [1.807, 2.05) is 0 Å². The second kappa shape index (κ2) is 9.93. The summed E-state index contributed by atoms with van der Waals surface area (Å²) in [6, 6.07) is 11.2. The SMILES string of the molecule is COC(=O)c1ccc(CCNC(=O)c2ccc(OC)c(S(=O)(=O)NC(C)(C)C)c2)cc1. The number of ether oxygens (including phenoxy) is 2. The van der Waals surface area contributed by atoms with Gasteiger partial charge in [0.05, 0.1) is 19.8 Å². The van der Waals surface area contributed by atoms with Crippen molar-refractivity contribution in [1.82, 2.24) is 10.0 Å². The molecule has 0 aliphatic carbocycles. The number of sulfonamides is 1. The summed E-state index contributed by atoms with van der Waals surface area (Å²) < 4.78 is 37.9. The third-order valence-corrected chi connectivity index (χ3v) is 6.01. The van der Waals surface area contributed by atoms with E-state index in [-0.39, 0.29) is 16.2 Å². The summed E-state index contributed by atoms with van der Waals surface area (Å²) in [6.07, 6.45) is 0.542. The van der Waals surface area contributed by atoms with Gasteiger partial charge in [0.15, 0.2) is 0 Å². The zero-order valence-electron chi connectivity index (χ0n) is 18.3. The van der Waals surface area contributed by atoms with Gasteiger partial charge in [-0.2, -0.15) is 0 Å². The molecule has 0 fully saturated rings. The standard InChI is InChI=1S/C22H28N2O6S/c1-22(2,3)24-31(27,28)19-14-17(10-11-18(19)29-4)20(25)23-13-12-15-6-8-16(9-7-15)21(26)30-5/h6-11,14,24H,12-13H2,1-5H3,(H,23,25). The van der Waals surface area contributed by atoms with E-state index < -0.39 is 27.4 Å². The summed E-state index contributed by atoms with van der Waals surface area (Å²) >= 11 is 0. The van der Waals surface area contributed by atoms with Crippen molar-refractivity contribution in [1.29, 1.82) is 0 Å². The van der Waals surface area contributed by atoms with Crippen LogP contribution in [0.5, 0.6) is 5.75 Å². The van der Waals surface area contributed by atoms with Crippen LogP contribution in [0.15, 0.2) is 47.4 Å². The lowest BCUT2D eigenvalue weighted by Crippen LogP contribution is -2.40. The predicted octanol–water partition coefficient (Wildman–Crippen LogP) is 2.53. The van der Waals surface area contributed by atoms with E-state index >= 15 is 0 Å². The Bertz CT molecular complexity index is 1040. The van der Waals surface area contributed by atoms with E-state index in [1.165, 1.54) is 32.4 Å². The molecule has 1 amide bonds. The van der Waals surface area contributed by atoms with Crippen LogP contribution in [0.25, 0.3) is 0 Å². The van der Waals surface area contributed by atoms with Crippen LogP contribution in [-0.4, -0.2) is 46.6 Å². The van der Waals surface area contributed by atoms with Crippen molar-refractivity contribution in [2.75, 3.05) is 20.8 Å². The van der Waals surface area contributed by atoms with E-state index in [1.54, 1.807) is 45.0 Å². The van der Waals surface area contributed by atoms with E-state index in [4.69, 9.17) is 4.74 Å². The number of carbonyl (C=O) groups excluding carboxylic acids is 2. The Balaban J connectivity index is 2.09. The molecule has 0 spiro atoms. The van der Waals surface area contributed by atoms with Crippen LogP contribution in [0.3, 0.4) is 0 Å². The molecule has 0 aliphatic rings. The van der Waals surface area contributed by atoms with Crippen LogP contribution >= 0.6 is 0 Å². The van der Waals surface area contributed by atoms with Gasteiger partial charge >= 0.3 is 5.97 Å². The molecule has 0 unspecified atom stereocenters. The number of hydrogen-bond donors (Lipinski definition) is 2. The minimum atomic E-state index is -3.89. The fourth-order valence-corrected chi connectivity index (χ4v) is 4.45. The highest BCUT2D eigenvalue weighted by Gasteiger charge is 2.26. The molecule has 31 heavy (non-hydrogen) atoms. The zero-order valence-corrected chi connectivity index (χ0v) is 19.1. The topological polar surface area (TPSA) is 111 Å². The van der Waals surface area contributed by atoms with Gasteiger partial charge in [-0.15, -0.1) is 0 Å². The lowest BCUT2D eigenvalue weighted by atomic mass is 10.1. The molecule has 0 aliphatic heterocycles. The minimum Gasteiger partial charge on any atom is -0.495 e. The Labute approximate surface area is 183 Å². The largest absolute Gasteiger partial charge is 0.495 e. The lowest BCUT2D eigenvalue weighted by molar-refractivity contribution is 0.0600. The van der Waals surface area contributed by atoms with Crippen LogP contribution in [0.1, 0.15) is 47.1 Å². The molecule has 2 rings (SSSR count). The molecule has 0 radical (unpaired) electrons. The number of nitrogens with one attached hydrogen (secondary N) is 2. The van der Waals surface area contributed by atoms with Crippen LogP contribution in [0, 0.1) is 0 Å². The predicted molar refractivity (Wildman–Crippen MR) is 117 cm³/mol. The monoisotopic (exact) mass is 448 g/mol. The third kappa shape index (κ3) is 6.80. The fourth-order valence-electron chi connectivity index (χ4n) is 2.83. The summed E-state index contributed by atoms with van der Waals surface area (Å²) in [5.41, 5.74) is 0.897. The maximum absolute atomic E-state index is 12.7. The molecule has 0 saturated heterocycles. The van der Waals surface area contributed by atoms with Crippen LogP contribution < -0.4 is 14.8 Å². The maximum atomic E-state index is 12.7. The maximum Gasteiger partial charge on any atom is 0.337 e. The number of amides is 1. The highest BCUT2D eigenvalue weighted by atomic mass is 32.2. The molecule has 9 heteroatoms. The van der Waals surface area contributed by atoms with Crippen molar-refractivity contribution >= 4 is 21.9 Å². The highest BCUT2D eigenvalue weighted by molar-refractivity contribution is 7.89. The van der Waals surface area contributed by atoms with Gasteiger partial charge < -0.3 is 14.8 Å². The van der Waals surface area contributed by atoms with Gasteiger partial charge in [0.25, 0.3) is 5.91 Å². The highest BCUT2D eigenvalue weighted by Crippen LogP contribution is 2.26. The quantitative estimate of drug-likeness (QED) is 0.601. The van der Waals surface area contributed by atoms with E-state index in [9.17, 15) is 18.0 Å². The first-order valence-electron chi connectivity index (χ1n) is 9.64. The fraction of sp³-hybridized carbons (Fsp3) is 0.364. The smallest absolute Gasteiger partial charge is 0.337 e. The first-order chi connectivity index (χ1) is 14.5. The van der Waals surface area contributed by atoms with Crippen LogP contribution in [-0.2, 0) is 21.2 Å². The molecule has 0 atom stereocenters. The molecule has 2 aromatic carbocycles. The van der Waals surface area contributed by atoms with Crippen molar-refractivity contribution in [3.05, 3.63) is 59.2 Å². The molecule has 168 valence electrons. The summed E-state index contributed by atoms with van der Waals surface area (Å²) in [7, 11) is -1.19. The van der Waals surface area contributed by atoms with Gasteiger partial charge in [-0.1, -0.05) is 12.1 Å². The van der Waals surface area contributed by atoms with Gasteiger partial charge in [-0.05, 0) is 63.1 Å². The number of carbonyl (C=O) groups is 2. The van der Waals surface area contributed by atoms with Gasteiger partial charge in [0.1, 0.15) is 10.6 Å². The zero-order chi connectivity index (χ0) is 23.2. The summed E-state index contributed by atoms with van der Waals surface area (Å²) in [5.74, 6) is -0.661. The van der Waals surface area contributed by atoms with E-state index in [2.05, 4.69) is 14.8 Å². The molecule has 0 aromatic heterocycles. The first kappa shape index (κ1) is 24.4. The lowest BCUT2D eigenvalue weighted by Gasteiger charge is -2.21. The average molecular weight is 449 g/mol. The number of rotatable bonds is 8. The molecular weight excluding hydrogens is 420 g/mol. The van der Waals surface area contributed by atoms with Crippen molar-refractivity contribution in [2.45, 2.75) is 37.6 Å². The minimum absolute atomic E-state index is 0.101. The van der Waals surface area contributed by atoms with Gasteiger partial charge in [0, 0.05) is 17.6 Å². The molecule has 0 heterocycles. The third-order valence-electron chi connectivity index (χ3n) is 4.23. The summed E-state index contributed by atoms with van der Waals surface area (Å²) in [4.78, 5) is 23.9. The molecule has 0 bridgehead atoms. The number of methoxy groups -OCH3 is 2. The Morgan fingerprint density at radius 1 is 0.968 bits per heavy atom. The second-order valence-electron chi connectivity index (χ2n) is 7.92. The van der Waals surface area contributed by atoms with Crippen molar-refractivity contribution in [3.63, 3.8) is 0 Å². The molecule has 0 saturated carbocycles. The average Bonchev–Trinajstić information content (AvgIpc) is 2.71. The Hall–Kier alpha value is -2.91. The van der Waals surface area contributed by atoms with Crippen molar-refractivity contribution < 1.29 is 27.5 Å². The van der Waals surface area contributed by atoms with Gasteiger partial charge in [-0.3, -0.25) is 4.79 Å². The van der Waals surface area contributed by atoms with E-state index in [0.717, 1.165) is 5.56 Å². The number of benzene rings is 2. The van der Waals surface area contributed by atoms with Gasteiger partial charge in [0.2, 0.25) is 10.0 Å². The number of hydrogen-bond acceptors (Lipinski definition) is 6. The van der Waals surface area contributed by atoms with Crippen LogP contribution in [0.2, 0.25) is 0 Å². The molecule has 8 nitrogen and oxygen atoms in total. The normalized spacial score (nSPS) is 11.6. The second-order valence-corrected chi connectivity index (χ2v) is 9.57. The molecule has 2 N–H and O–H groups in total. The van der Waals surface area contributed by atoms with Crippen LogP contribution in [0.4, 0.5) is 0 Å². The van der Waals surface area contributed by atoms with Crippen molar-refractivity contribution in [2.24, 2.45) is 0 Å². The number of esters is 1. The van der Waals surface area contributed by atoms with Crippen molar-refractivity contribution in [3.8, 4) is 5.75 Å². The molecule has 2 aromatic rings. The summed E-state index contributed by atoms with van der Waals surface area (Å²) in [5, 5.41) is 2.77. The Kier molecular flexibility index (Phi) is 7.80. The van der Waals surface area contributed by atoms with Gasteiger partial charge in [-0.25, -0.2) is 17.9 Å². The summed E-state index contributed by atoms with van der Waals surface area (Å²) in [6.45, 7) is 5.52. The molecular formula is C22H28N2O6S. The first-order valence-corrected chi connectivity index (χ1v) is 11.1. The Morgan fingerprint density at radius 2 is 1.58 bits per heavy atom. The van der Waals surface area contributed by atoms with E-state index in [0.29, 0.717) is 18.5 Å². The Morgan fingerprint density at radius 3 is 2.13 bits per heavy atom.